The predicted octanol–water partition coefficient (Wildman–Crippen LogP) is 2.35. The van der Waals surface area contributed by atoms with Gasteiger partial charge >= 0.3 is 0 Å². The summed E-state index contributed by atoms with van der Waals surface area (Å²) >= 11 is 2.96. The van der Waals surface area contributed by atoms with Crippen LogP contribution in [0.3, 0.4) is 0 Å². The minimum Gasteiger partial charge on any atom is -0.396 e. The number of aliphatic hydroxyl groups is 2. The Kier molecular flexibility index (Phi) is 7.98. The van der Waals surface area contributed by atoms with Crippen LogP contribution in [0, 0.1) is 17.0 Å². The zero-order valence-electron chi connectivity index (χ0n) is 11.4. The number of thioether (sulfide) groups is 2. The van der Waals surface area contributed by atoms with Gasteiger partial charge in [-0.15, -0.1) is 0 Å². The van der Waals surface area contributed by atoms with Crippen molar-refractivity contribution in [3.05, 3.63) is 38.9 Å². The van der Waals surface area contributed by atoms with Crippen LogP contribution in [0.4, 0.5) is 5.69 Å². The molecule has 0 saturated heterocycles. The van der Waals surface area contributed by atoms with Crippen LogP contribution in [0.2, 0.25) is 0 Å². The standard InChI is InChI=1S/C13H19NO4S2/c1-10-6-11(8-19-4-2-15)13(14(17)18)12(7-10)9-20-5-3-16/h6-7,15-16H,2-5,8-9H2,1H3. The first kappa shape index (κ1) is 17.3. The SMILES string of the molecule is Cc1cc(CSCCO)c([N+](=O)[O-])c(CSCCO)c1. The number of rotatable bonds is 9. The molecule has 0 atom stereocenters. The highest BCUT2D eigenvalue weighted by Gasteiger charge is 2.20. The zero-order valence-corrected chi connectivity index (χ0v) is 13.0. The molecular weight excluding hydrogens is 298 g/mol. The van der Waals surface area contributed by atoms with E-state index in [1.54, 1.807) is 0 Å². The highest BCUT2D eigenvalue weighted by atomic mass is 32.2. The Labute approximate surface area is 126 Å². The topological polar surface area (TPSA) is 83.6 Å². The van der Waals surface area contributed by atoms with Crippen molar-refractivity contribution in [3.63, 3.8) is 0 Å². The lowest BCUT2D eigenvalue weighted by molar-refractivity contribution is -0.386. The number of nitro groups is 1. The van der Waals surface area contributed by atoms with Crippen molar-refractivity contribution in [2.24, 2.45) is 0 Å². The molecule has 0 amide bonds. The Morgan fingerprint density at radius 2 is 1.55 bits per heavy atom. The first-order chi connectivity index (χ1) is 9.60. The van der Waals surface area contributed by atoms with Crippen molar-refractivity contribution in [2.75, 3.05) is 24.7 Å². The molecule has 20 heavy (non-hydrogen) atoms. The Bertz CT molecular complexity index is 423. The summed E-state index contributed by atoms with van der Waals surface area (Å²) in [5, 5.41) is 28.9. The number of benzene rings is 1. The Morgan fingerprint density at radius 1 is 1.10 bits per heavy atom. The van der Waals surface area contributed by atoms with Gasteiger partial charge in [-0.2, -0.15) is 23.5 Å². The van der Waals surface area contributed by atoms with E-state index in [1.165, 1.54) is 23.5 Å². The first-order valence-electron chi connectivity index (χ1n) is 6.24. The molecule has 112 valence electrons. The average molecular weight is 317 g/mol. The van der Waals surface area contributed by atoms with E-state index >= 15 is 0 Å². The van der Waals surface area contributed by atoms with Gasteiger partial charge in [0.25, 0.3) is 5.69 Å². The summed E-state index contributed by atoms with van der Waals surface area (Å²) in [7, 11) is 0. The highest BCUT2D eigenvalue weighted by molar-refractivity contribution is 7.98. The van der Waals surface area contributed by atoms with Gasteiger partial charge in [-0.25, -0.2) is 0 Å². The largest absolute Gasteiger partial charge is 0.396 e. The lowest BCUT2D eigenvalue weighted by Gasteiger charge is -2.09. The van der Waals surface area contributed by atoms with Crippen molar-refractivity contribution >= 4 is 29.2 Å². The first-order valence-corrected chi connectivity index (χ1v) is 8.55. The van der Waals surface area contributed by atoms with Crippen LogP contribution in [-0.2, 0) is 11.5 Å². The molecule has 7 heteroatoms. The molecule has 0 aliphatic rings. The third kappa shape index (κ3) is 5.32. The summed E-state index contributed by atoms with van der Waals surface area (Å²) in [5.74, 6) is 2.19. The van der Waals surface area contributed by atoms with Gasteiger partial charge < -0.3 is 10.2 Å². The molecule has 1 rings (SSSR count). The third-order valence-corrected chi connectivity index (χ3v) is 4.55. The molecule has 5 nitrogen and oxygen atoms in total. The molecule has 0 bridgehead atoms. The number of hydrogen-bond acceptors (Lipinski definition) is 6. The number of aliphatic hydroxyl groups excluding tert-OH is 2. The molecule has 1 aromatic rings. The van der Waals surface area contributed by atoms with Crippen LogP contribution >= 0.6 is 23.5 Å². The lowest BCUT2D eigenvalue weighted by Crippen LogP contribution is -2.02. The smallest absolute Gasteiger partial charge is 0.277 e. The molecule has 0 fully saturated rings. The summed E-state index contributed by atoms with van der Waals surface area (Å²) in [4.78, 5) is 11.0. The van der Waals surface area contributed by atoms with Gasteiger partial charge in [0.1, 0.15) is 0 Å². The molecule has 0 aliphatic carbocycles. The number of nitrogens with zero attached hydrogens (tertiary/aromatic N) is 1. The van der Waals surface area contributed by atoms with Crippen molar-refractivity contribution in [3.8, 4) is 0 Å². The van der Waals surface area contributed by atoms with Crippen LogP contribution in [0.1, 0.15) is 16.7 Å². The minimum atomic E-state index is -0.330. The van der Waals surface area contributed by atoms with Crippen LogP contribution in [0.5, 0.6) is 0 Å². The van der Waals surface area contributed by atoms with Gasteiger partial charge in [-0.05, 0) is 19.1 Å². The van der Waals surface area contributed by atoms with Crippen LogP contribution in [0.25, 0.3) is 0 Å². The monoisotopic (exact) mass is 317 g/mol. The van der Waals surface area contributed by atoms with Crippen LogP contribution in [-0.4, -0.2) is 39.9 Å². The van der Waals surface area contributed by atoms with E-state index in [-0.39, 0.29) is 23.8 Å². The summed E-state index contributed by atoms with van der Waals surface area (Å²) < 4.78 is 0. The third-order valence-electron chi connectivity index (χ3n) is 2.58. The fourth-order valence-electron chi connectivity index (χ4n) is 1.88. The van der Waals surface area contributed by atoms with Gasteiger partial charge in [0, 0.05) is 34.1 Å². The van der Waals surface area contributed by atoms with E-state index in [0.717, 1.165) is 5.56 Å². The van der Waals surface area contributed by atoms with Gasteiger partial charge in [0.15, 0.2) is 0 Å². The van der Waals surface area contributed by atoms with Gasteiger partial charge in [-0.1, -0.05) is 5.56 Å². The Hall–Kier alpha value is -0.760. The number of nitro benzene ring substituents is 1. The Balaban J connectivity index is 2.98. The van der Waals surface area contributed by atoms with Crippen LogP contribution < -0.4 is 0 Å². The minimum absolute atomic E-state index is 0.0729. The normalized spacial score (nSPS) is 10.8. The molecule has 0 heterocycles. The zero-order chi connectivity index (χ0) is 15.0. The molecule has 0 aliphatic heterocycles. The van der Waals surface area contributed by atoms with E-state index in [4.69, 9.17) is 10.2 Å². The van der Waals surface area contributed by atoms with E-state index in [0.29, 0.717) is 34.1 Å². The van der Waals surface area contributed by atoms with Crippen molar-refractivity contribution < 1.29 is 15.1 Å². The molecule has 2 N–H and O–H groups in total. The van der Waals surface area contributed by atoms with Gasteiger partial charge in [0.05, 0.1) is 18.1 Å². The second-order valence-corrected chi connectivity index (χ2v) is 6.45. The fourth-order valence-corrected chi connectivity index (χ4v) is 3.31. The van der Waals surface area contributed by atoms with Crippen molar-refractivity contribution in [1.29, 1.82) is 0 Å². The highest BCUT2D eigenvalue weighted by Crippen LogP contribution is 2.31. The maximum absolute atomic E-state index is 11.3. The van der Waals surface area contributed by atoms with Crippen molar-refractivity contribution in [2.45, 2.75) is 18.4 Å². The number of aryl methyl sites for hydroxylation is 1. The Morgan fingerprint density at radius 3 is 1.90 bits per heavy atom. The maximum Gasteiger partial charge on any atom is 0.277 e. The molecule has 0 unspecified atom stereocenters. The number of hydrogen-bond donors (Lipinski definition) is 2. The summed E-state index contributed by atoms with van der Waals surface area (Å²) in [6.07, 6.45) is 0. The van der Waals surface area contributed by atoms with E-state index < -0.39 is 0 Å². The second-order valence-electron chi connectivity index (χ2n) is 4.24. The van der Waals surface area contributed by atoms with Gasteiger partial charge in [0.2, 0.25) is 0 Å². The van der Waals surface area contributed by atoms with Crippen LogP contribution in [0.15, 0.2) is 12.1 Å². The molecular formula is C13H19NO4S2. The second kappa shape index (κ2) is 9.23. The average Bonchev–Trinajstić information content (AvgIpc) is 2.38. The predicted molar refractivity (Wildman–Crippen MR) is 84.3 cm³/mol. The lowest BCUT2D eigenvalue weighted by atomic mass is 10.1. The van der Waals surface area contributed by atoms with Crippen molar-refractivity contribution in [1.82, 2.24) is 0 Å². The maximum atomic E-state index is 11.3. The summed E-state index contributed by atoms with van der Waals surface area (Å²) in [5.41, 5.74) is 2.57. The molecule has 0 radical (unpaired) electrons. The molecule has 0 aromatic heterocycles. The van der Waals surface area contributed by atoms with E-state index in [9.17, 15) is 10.1 Å². The quantitative estimate of drug-likeness (QED) is 0.413. The van der Waals surface area contributed by atoms with E-state index in [2.05, 4.69) is 0 Å². The summed E-state index contributed by atoms with van der Waals surface area (Å²) in [6, 6.07) is 3.67. The van der Waals surface area contributed by atoms with Gasteiger partial charge in [-0.3, -0.25) is 10.1 Å². The van der Waals surface area contributed by atoms with E-state index in [1.807, 2.05) is 19.1 Å². The molecule has 1 aromatic carbocycles. The molecule has 0 saturated carbocycles. The summed E-state index contributed by atoms with van der Waals surface area (Å²) in [6.45, 7) is 2.07. The fraction of sp³-hybridized carbons (Fsp3) is 0.538. The molecule has 0 spiro atoms.